The zero-order valence-electron chi connectivity index (χ0n) is 12.7. The van der Waals surface area contributed by atoms with Crippen LogP contribution in [0.15, 0.2) is 76.4 Å². The van der Waals surface area contributed by atoms with E-state index in [1.165, 1.54) is 6.21 Å². The number of carbonyl (C=O) groups excluding carboxylic acids is 1. The lowest BCUT2D eigenvalue weighted by Crippen LogP contribution is -2.28. The third-order valence-electron chi connectivity index (χ3n) is 3.85. The average molecular weight is 318 g/mol. The number of fused-ring (bicyclic) bond motifs is 2. The van der Waals surface area contributed by atoms with Gasteiger partial charge >= 0.3 is 0 Å². The lowest BCUT2D eigenvalue weighted by molar-refractivity contribution is -0.121. The molecule has 5 nitrogen and oxygen atoms in total. The molecular weight excluding hydrogens is 304 g/mol. The van der Waals surface area contributed by atoms with E-state index in [0.717, 1.165) is 11.1 Å². The first-order valence-electron chi connectivity index (χ1n) is 7.55. The van der Waals surface area contributed by atoms with E-state index in [1.54, 1.807) is 18.4 Å². The summed E-state index contributed by atoms with van der Waals surface area (Å²) in [6, 6.07) is 18.6. The fourth-order valence-electron chi connectivity index (χ4n) is 2.78. The van der Waals surface area contributed by atoms with Gasteiger partial charge in [-0.2, -0.15) is 5.10 Å². The van der Waals surface area contributed by atoms with Gasteiger partial charge in [-0.1, -0.05) is 36.4 Å². The number of para-hydroxylation sites is 2. The monoisotopic (exact) mass is 318 g/mol. The number of nitrogens with zero attached hydrogens (tertiary/aromatic N) is 1. The quantitative estimate of drug-likeness (QED) is 0.592. The maximum atomic E-state index is 12.7. The Morgan fingerprint density at radius 1 is 0.958 bits per heavy atom. The van der Waals surface area contributed by atoms with Gasteiger partial charge in [0.1, 0.15) is 17.3 Å². The first-order valence-corrected chi connectivity index (χ1v) is 7.55. The maximum absolute atomic E-state index is 12.7. The SMILES string of the molecule is O=C(N/N=C\c1ccco1)C1c2ccccc2Oc2ccccc21. The molecule has 24 heavy (non-hydrogen) atoms. The topological polar surface area (TPSA) is 63.8 Å². The Morgan fingerprint density at radius 3 is 2.25 bits per heavy atom. The van der Waals surface area contributed by atoms with Gasteiger partial charge < -0.3 is 9.15 Å². The number of hydrogen-bond donors (Lipinski definition) is 1. The Labute approximate surface area is 138 Å². The Hall–Kier alpha value is -3.34. The number of hydrazone groups is 1. The number of benzene rings is 2. The van der Waals surface area contributed by atoms with Crippen molar-refractivity contribution in [2.24, 2.45) is 5.10 Å². The van der Waals surface area contributed by atoms with E-state index in [0.29, 0.717) is 17.3 Å². The molecule has 5 heteroatoms. The molecule has 0 unspecified atom stereocenters. The van der Waals surface area contributed by atoms with Gasteiger partial charge in [0.05, 0.1) is 18.4 Å². The Bertz CT molecular complexity index is 855. The van der Waals surface area contributed by atoms with Crippen LogP contribution in [0.4, 0.5) is 0 Å². The molecule has 4 rings (SSSR count). The van der Waals surface area contributed by atoms with Gasteiger partial charge in [-0.3, -0.25) is 4.79 Å². The van der Waals surface area contributed by atoms with Crippen LogP contribution in [-0.2, 0) is 4.79 Å². The molecule has 0 atom stereocenters. The number of amides is 1. The number of nitrogens with one attached hydrogen (secondary N) is 1. The Morgan fingerprint density at radius 2 is 1.62 bits per heavy atom. The fourth-order valence-corrected chi connectivity index (χ4v) is 2.78. The van der Waals surface area contributed by atoms with Crippen LogP contribution in [0.1, 0.15) is 22.8 Å². The number of rotatable bonds is 3. The summed E-state index contributed by atoms with van der Waals surface area (Å²) < 4.78 is 11.0. The summed E-state index contributed by atoms with van der Waals surface area (Å²) in [7, 11) is 0. The Kier molecular flexibility index (Phi) is 3.59. The lowest BCUT2D eigenvalue weighted by Gasteiger charge is -2.26. The Balaban J connectivity index is 1.65. The minimum absolute atomic E-state index is 0.221. The summed E-state index contributed by atoms with van der Waals surface area (Å²) in [5, 5.41) is 3.98. The summed E-state index contributed by atoms with van der Waals surface area (Å²) in [5.74, 6) is 1.25. The van der Waals surface area contributed by atoms with Gasteiger partial charge in [0.15, 0.2) is 0 Å². The summed E-state index contributed by atoms with van der Waals surface area (Å²) in [6.07, 6.45) is 3.02. The van der Waals surface area contributed by atoms with Crippen LogP contribution in [0.5, 0.6) is 11.5 Å². The van der Waals surface area contributed by atoms with Crippen molar-refractivity contribution in [3.63, 3.8) is 0 Å². The molecule has 3 aromatic rings. The lowest BCUT2D eigenvalue weighted by atomic mass is 9.87. The third-order valence-corrected chi connectivity index (χ3v) is 3.85. The van der Waals surface area contributed by atoms with Crippen LogP contribution < -0.4 is 10.2 Å². The van der Waals surface area contributed by atoms with Crippen molar-refractivity contribution in [3.8, 4) is 11.5 Å². The minimum atomic E-state index is -0.472. The summed E-state index contributed by atoms with van der Waals surface area (Å²) in [5.41, 5.74) is 4.23. The highest BCUT2D eigenvalue weighted by Gasteiger charge is 2.32. The van der Waals surface area contributed by atoms with Crippen LogP contribution in [0.25, 0.3) is 0 Å². The highest BCUT2D eigenvalue weighted by atomic mass is 16.5. The molecular formula is C19H14N2O3. The second-order valence-corrected chi connectivity index (χ2v) is 5.36. The molecule has 2 heterocycles. The van der Waals surface area contributed by atoms with Gasteiger partial charge in [-0.25, -0.2) is 5.43 Å². The molecule has 0 saturated heterocycles. The van der Waals surface area contributed by atoms with Crippen molar-refractivity contribution in [2.75, 3.05) is 0 Å². The number of carbonyl (C=O) groups is 1. The van der Waals surface area contributed by atoms with E-state index in [-0.39, 0.29) is 5.91 Å². The minimum Gasteiger partial charge on any atom is -0.463 e. The van der Waals surface area contributed by atoms with Gasteiger partial charge in [0, 0.05) is 11.1 Å². The van der Waals surface area contributed by atoms with Crippen LogP contribution in [0, 0.1) is 0 Å². The first-order chi connectivity index (χ1) is 11.8. The molecule has 2 aromatic carbocycles. The van der Waals surface area contributed by atoms with Crippen molar-refractivity contribution in [1.29, 1.82) is 0 Å². The van der Waals surface area contributed by atoms with Gasteiger partial charge in [-0.05, 0) is 24.3 Å². The molecule has 0 saturated carbocycles. The third kappa shape index (κ3) is 2.56. The van der Waals surface area contributed by atoms with Crippen molar-refractivity contribution in [3.05, 3.63) is 83.8 Å². The molecule has 0 fully saturated rings. The number of hydrogen-bond acceptors (Lipinski definition) is 4. The highest BCUT2D eigenvalue weighted by Crippen LogP contribution is 2.43. The van der Waals surface area contributed by atoms with E-state index in [9.17, 15) is 4.79 Å². The summed E-state index contributed by atoms with van der Waals surface area (Å²) in [4.78, 5) is 12.7. The van der Waals surface area contributed by atoms with Crippen molar-refractivity contribution >= 4 is 12.1 Å². The molecule has 1 N–H and O–H groups in total. The largest absolute Gasteiger partial charge is 0.463 e. The molecule has 0 radical (unpaired) electrons. The van der Waals surface area contributed by atoms with Gasteiger partial charge in [0.2, 0.25) is 0 Å². The molecule has 0 bridgehead atoms. The second-order valence-electron chi connectivity index (χ2n) is 5.36. The number of furan rings is 1. The zero-order valence-corrected chi connectivity index (χ0v) is 12.7. The van der Waals surface area contributed by atoms with E-state index in [1.807, 2.05) is 48.5 Å². The highest BCUT2D eigenvalue weighted by molar-refractivity contribution is 5.90. The van der Waals surface area contributed by atoms with Crippen molar-refractivity contribution < 1.29 is 13.9 Å². The molecule has 1 amide bonds. The van der Waals surface area contributed by atoms with E-state index < -0.39 is 5.92 Å². The zero-order chi connectivity index (χ0) is 16.4. The smallest absolute Gasteiger partial charge is 0.252 e. The van der Waals surface area contributed by atoms with Crippen LogP contribution in [0.3, 0.4) is 0 Å². The second kappa shape index (κ2) is 6.04. The van der Waals surface area contributed by atoms with Crippen LogP contribution in [-0.4, -0.2) is 12.1 Å². The summed E-state index contributed by atoms with van der Waals surface area (Å²) in [6.45, 7) is 0. The van der Waals surface area contributed by atoms with E-state index >= 15 is 0 Å². The first kappa shape index (κ1) is 14.3. The predicted octanol–water partition coefficient (Wildman–Crippen LogP) is 3.67. The molecule has 0 spiro atoms. The standard InChI is InChI=1S/C19H14N2O3/c22-19(21-20-12-13-6-5-11-23-13)18-14-7-1-3-9-16(14)24-17-10-4-2-8-15(17)18/h1-12,18H,(H,21,22)/b20-12-. The molecule has 1 aliphatic heterocycles. The van der Waals surface area contributed by atoms with Crippen molar-refractivity contribution in [1.82, 2.24) is 5.43 Å². The molecule has 1 aromatic heterocycles. The maximum Gasteiger partial charge on any atom is 0.252 e. The van der Waals surface area contributed by atoms with Gasteiger partial charge in [-0.15, -0.1) is 0 Å². The molecule has 0 aliphatic carbocycles. The average Bonchev–Trinajstić information content (AvgIpc) is 3.13. The molecule has 118 valence electrons. The predicted molar refractivity (Wildman–Crippen MR) is 89.2 cm³/mol. The number of ether oxygens (including phenoxy) is 1. The fraction of sp³-hybridized carbons (Fsp3) is 0.0526. The molecule has 1 aliphatic rings. The normalized spacial score (nSPS) is 13.2. The summed E-state index contributed by atoms with van der Waals surface area (Å²) >= 11 is 0. The van der Waals surface area contributed by atoms with Crippen molar-refractivity contribution in [2.45, 2.75) is 5.92 Å². The van der Waals surface area contributed by atoms with Gasteiger partial charge in [0.25, 0.3) is 5.91 Å². The van der Waals surface area contributed by atoms with Crippen LogP contribution >= 0.6 is 0 Å². The van der Waals surface area contributed by atoms with Crippen LogP contribution in [0.2, 0.25) is 0 Å². The van der Waals surface area contributed by atoms with E-state index in [2.05, 4.69) is 10.5 Å². The van der Waals surface area contributed by atoms with E-state index in [4.69, 9.17) is 9.15 Å².